The van der Waals surface area contributed by atoms with Crippen LogP contribution >= 0.6 is 0 Å². The van der Waals surface area contributed by atoms with Crippen molar-refractivity contribution < 1.29 is 5.11 Å². The molecule has 4 heteroatoms. The fraction of sp³-hybridized carbons (Fsp3) is 0.118. The molecule has 0 aliphatic carbocycles. The maximum absolute atomic E-state index is 10.2. The zero-order valence-corrected chi connectivity index (χ0v) is 11.5. The van der Waals surface area contributed by atoms with E-state index < -0.39 is 6.10 Å². The third-order valence-electron chi connectivity index (χ3n) is 3.47. The van der Waals surface area contributed by atoms with Crippen LogP contribution in [-0.4, -0.2) is 16.6 Å². The number of nitrogens with two attached hydrogens (primary N) is 1. The second kappa shape index (κ2) is 5.81. The fourth-order valence-electron chi connectivity index (χ4n) is 2.35. The quantitative estimate of drug-likeness (QED) is 0.642. The van der Waals surface area contributed by atoms with E-state index in [1.807, 2.05) is 54.6 Å². The number of nitrogen functional groups attached to an aromatic ring is 1. The maximum Gasteiger partial charge on any atom is 0.0962 e. The molecule has 0 saturated carbocycles. The summed E-state index contributed by atoms with van der Waals surface area (Å²) in [6, 6.07) is 17.2. The van der Waals surface area contributed by atoms with Crippen molar-refractivity contribution in [1.82, 2.24) is 4.98 Å². The molecule has 0 aliphatic heterocycles. The lowest BCUT2D eigenvalue weighted by atomic mass is 10.1. The molecule has 4 N–H and O–H groups in total. The second-order valence-electron chi connectivity index (χ2n) is 4.91. The normalized spacial score (nSPS) is 12.2. The van der Waals surface area contributed by atoms with E-state index in [9.17, 15) is 5.11 Å². The Morgan fingerprint density at radius 2 is 1.86 bits per heavy atom. The van der Waals surface area contributed by atoms with Crippen LogP contribution < -0.4 is 11.1 Å². The highest BCUT2D eigenvalue weighted by Crippen LogP contribution is 2.26. The van der Waals surface area contributed by atoms with Gasteiger partial charge in [0.05, 0.1) is 17.3 Å². The number of hydrogen-bond donors (Lipinski definition) is 3. The molecule has 1 atom stereocenters. The van der Waals surface area contributed by atoms with E-state index >= 15 is 0 Å². The number of benzene rings is 2. The summed E-state index contributed by atoms with van der Waals surface area (Å²) >= 11 is 0. The lowest BCUT2D eigenvalue weighted by Crippen LogP contribution is -2.12. The van der Waals surface area contributed by atoms with Gasteiger partial charge in [-0.1, -0.05) is 42.5 Å². The lowest BCUT2D eigenvalue weighted by molar-refractivity contribution is 0.191. The first-order valence-electron chi connectivity index (χ1n) is 6.86. The van der Waals surface area contributed by atoms with E-state index in [4.69, 9.17) is 5.73 Å². The molecule has 21 heavy (non-hydrogen) atoms. The van der Waals surface area contributed by atoms with Crippen LogP contribution in [0, 0.1) is 0 Å². The highest BCUT2D eigenvalue weighted by molar-refractivity contribution is 5.97. The summed E-state index contributed by atoms with van der Waals surface area (Å²) in [6.45, 7) is 0.428. The molecule has 1 unspecified atom stereocenters. The third kappa shape index (κ3) is 2.80. The first-order chi connectivity index (χ1) is 10.3. The van der Waals surface area contributed by atoms with E-state index in [0.29, 0.717) is 12.2 Å². The van der Waals surface area contributed by atoms with Gasteiger partial charge in [-0.15, -0.1) is 0 Å². The van der Waals surface area contributed by atoms with Gasteiger partial charge in [-0.25, -0.2) is 0 Å². The molecule has 3 aromatic rings. The Bertz CT molecular complexity index is 743. The van der Waals surface area contributed by atoms with Gasteiger partial charge in [0.25, 0.3) is 0 Å². The number of anilines is 2. The maximum atomic E-state index is 10.2. The van der Waals surface area contributed by atoms with Crippen molar-refractivity contribution in [3.8, 4) is 0 Å². The predicted octanol–water partition coefficient (Wildman–Crippen LogP) is 2.96. The molecule has 4 nitrogen and oxygen atoms in total. The van der Waals surface area contributed by atoms with E-state index in [1.54, 1.807) is 6.20 Å². The van der Waals surface area contributed by atoms with Gasteiger partial charge in [0.1, 0.15) is 0 Å². The summed E-state index contributed by atoms with van der Waals surface area (Å²) < 4.78 is 0. The van der Waals surface area contributed by atoms with Gasteiger partial charge in [0.2, 0.25) is 0 Å². The van der Waals surface area contributed by atoms with Gasteiger partial charge >= 0.3 is 0 Å². The largest absolute Gasteiger partial charge is 0.397 e. The van der Waals surface area contributed by atoms with Crippen molar-refractivity contribution in [2.45, 2.75) is 6.10 Å². The number of aromatic nitrogens is 1. The molecule has 3 rings (SSSR count). The zero-order chi connectivity index (χ0) is 14.7. The Balaban J connectivity index is 1.81. The molecule has 0 amide bonds. The van der Waals surface area contributed by atoms with Crippen LogP contribution in [0.3, 0.4) is 0 Å². The highest BCUT2D eigenvalue weighted by atomic mass is 16.3. The van der Waals surface area contributed by atoms with Crippen molar-refractivity contribution in [2.24, 2.45) is 0 Å². The Kier molecular flexibility index (Phi) is 3.71. The van der Waals surface area contributed by atoms with Crippen LogP contribution in [0.4, 0.5) is 11.4 Å². The molecule has 0 bridgehead atoms. The van der Waals surface area contributed by atoms with Gasteiger partial charge in [-0.2, -0.15) is 0 Å². The van der Waals surface area contributed by atoms with Crippen molar-refractivity contribution in [3.05, 3.63) is 66.4 Å². The molecule has 106 valence electrons. The summed E-state index contributed by atoms with van der Waals surface area (Å²) in [5.74, 6) is 0. The summed E-state index contributed by atoms with van der Waals surface area (Å²) in [5, 5.41) is 14.4. The molecular weight excluding hydrogens is 262 g/mol. The average Bonchev–Trinajstić information content (AvgIpc) is 2.54. The molecule has 0 fully saturated rings. The Morgan fingerprint density at radius 1 is 1.05 bits per heavy atom. The summed E-state index contributed by atoms with van der Waals surface area (Å²) in [7, 11) is 0. The van der Waals surface area contributed by atoms with Crippen LogP contribution in [0.25, 0.3) is 10.9 Å². The highest BCUT2D eigenvalue weighted by Gasteiger charge is 2.08. The monoisotopic (exact) mass is 279 g/mol. The minimum atomic E-state index is -0.560. The molecule has 0 radical (unpaired) electrons. The first kappa shape index (κ1) is 13.4. The van der Waals surface area contributed by atoms with Gasteiger partial charge in [-0.3, -0.25) is 4.98 Å². The number of rotatable bonds is 4. The van der Waals surface area contributed by atoms with Crippen molar-refractivity contribution in [3.63, 3.8) is 0 Å². The Morgan fingerprint density at radius 3 is 2.67 bits per heavy atom. The number of fused-ring (bicyclic) bond motifs is 1. The Labute approximate surface area is 123 Å². The summed E-state index contributed by atoms with van der Waals surface area (Å²) in [6.07, 6.45) is 1.16. The number of nitrogens with zero attached hydrogens (tertiary/aromatic N) is 1. The molecule has 0 saturated heterocycles. The van der Waals surface area contributed by atoms with Gasteiger partial charge in [0, 0.05) is 23.8 Å². The smallest absolute Gasteiger partial charge is 0.0962 e. The Hall–Kier alpha value is -2.59. The SMILES string of the molecule is Nc1cccc2c(NCC(O)c3ccccc3)ccnc12. The van der Waals surface area contributed by atoms with E-state index in [-0.39, 0.29) is 0 Å². The number of aliphatic hydroxyl groups is 1. The van der Waals surface area contributed by atoms with E-state index in [0.717, 1.165) is 22.2 Å². The molecule has 0 spiro atoms. The van der Waals surface area contributed by atoms with Gasteiger partial charge < -0.3 is 16.2 Å². The van der Waals surface area contributed by atoms with Crippen molar-refractivity contribution in [1.29, 1.82) is 0 Å². The van der Waals surface area contributed by atoms with Crippen LogP contribution in [0.2, 0.25) is 0 Å². The number of para-hydroxylation sites is 1. The molecule has 1 heterocycles. The summed E-state index contributed by atoms with van der Waals surface area (Å²) in [4.78, 5) is 4.30. The minimum absolute atomic E-state index is 0.428. The van der Waals surface area contributed by atoms with Crippen LogP contribution in [-0.2, 0) is 0 Å². The molecular formula is C17H17N3O. The van der Waals surface area contributed by atoms with Gasteiger partial charge in [-0.05, 0) is 17.7 Å². The standard InChI is InChI=1S/C17H17N3O/c18-14-8-4-7-13-15(9-10-19-17(13)14)20-11-16(21)12-5-2-1-3-6-12/h1-10,16,21H,11,18H2,(H,19,20). The topological polar surface area (TPSA) is 71.2 Å². The average molecular weight is 279 g/mol. The lowest BCUT2D eigenvalue weighted by Gasteiger charge is -2.14. The number of hydrogen-bond acceptors (Lipinski definition) is 4. The molecule has 0 aliphatic rings. The number of pyridine rings is 1. The zero-order valence-electron chi connectivity index (χ0n) is 11.5. The first-order valence-corrected chi connectivity index (χ1v) is 6.86. The van der Waals surface area contributed by atoms with Gasteiger partial charge in [0.15, 0.2) is 0 Å². The fourth-order valence-corrected chi connectivity index (χ4v) is 2.35. The van der Waals surface area contributed by atoms with Crippen LogP contribution in [0.5, 0.6) is 0 Å². The van der Waals surface area contributed by atoms with Crippen LogP contribution in [0.15, 0.2) is 60.8 Å². The van der Waals surface area contributed by atoms with E-state index in [2.05, 4.69) is 10.3 Å². The number of nitrogens with one attached hydrogen (secondary N) is 1. The molecule has 1 aromatic heterocycles. The van der Waals surface area contributed by atoms with Crippen molar-refractivity contribution >= 4 is 22.3 Å². The van der Waals surface area contributed by atoms with Crippen molar-refractivity contribution in [2.75, 3.05) is 17.6 Å². The van der Waals surface area contributed by atoms with E-state index in [1.165, 1.54) is 0 Å². The predicted molar refractivity (Wildman–Crippen MR) is 86.0 cm³/mol. The molecule has 2 aromatic carbocycles. The summed E-state index contributed by atoms with van der Waals surface area (Å²) in [5.41, 5.74) is 9.17. The number of aliphatic hydroxyl groups excluding tert-OH is 1. The minimum Gasteiger partial charge on any atom is -0.397 e. The second-order valence-corrected chi connectivity index (χ2v) is 4.91. The third-order valence-corrected chi connectivity index (χ3v) is 3.47. The van der Waals surface area contributed by atoms with Crippen LogP contribution in [0.1, 0.15) is 11.7 Å².